The van der Waals surface area contributed by atoms with Gasteiger partial charge in [-0.1, -0.05) is 11.6 Å². The number of benzene rings is 1. The SMILES string of the molecule is O=C1c2cc3cccnc3nc2N1c1ccc(Cl)cc1. The zero-order valence-corrected chi connectivity index (χ0v) is 11.0. The summed E-state index contributed by atoms with van der Waals surface area (Å²) in [5, 5.41) is 1.51. The molecule has 5 heteroatoms. The number of nitrogens with zero attached hydrogens (tertiary/aromatic N) is 3. The maximum Gasteiger partial charge on any atom is 0.267 e. The van der Waals surface area contributed by atoms with E-state index in [4.69, 9.17) is 11.6 Å². The molecule has 1 aromatic carbocycles. The van der Waals surface area contributed by atoms with Crippen LogP contribution in [0.25, 0.3) is 11.0 Å². The number of rotatable bonds is 1. The van der Waals surface area contributed by atoms with E-state index >= 15 is 0 Å². The molecule has 0 radical (unpaired) electrons. The van der Waals surface area contributed by atoms with E-state index in [1.165, 1.54) is 0 Å². The Hall–Kier alpha value is -2.46. The van der Waals surface area contributed by atoms with Gasteiger partial charge in [-0.2, -0.15) is 0 Å². The smallest absolute Gasteiger partial charge is 0.267 e. The summed E-state index contributed by atoms with van der Waals surface area (Å²) in [4.78, 5) is 22.5. The quantitative estimate of drug-likeness (QED) is 0.685. The Morgan fingerprint density at radius 1 is 1.10 bits per heavy atom. The summed E-state index contributed by atoms with van der Waals surface area (Å²) in [7, 11) is 0. The Labute approximate surface area is 119 Å². The van der Waals surface area contributed by atoms with E-state index in [2.05, 4.69) is 9.97 Å². The number of hydrogen-bond donors (Lipinski definition) is 0. The van der Waals surface area contributed by atoms with Crippen molar-refractivity contribution in [2.24, 2.45) is 0 Å². The van der Waals surface area contributed by atoms with Crippen LogP contribution in [-0.2, 0) is 0 Å². The number of aromatic nitrogens is 2. The third-order valence-corrected chi connectivity index (χ3v) is 3.55. The Kier molecular flexibility index (Phi) is 2.28. The molecule has 0 aliphatic carbocycles. The van der Waals surface area contributed by atoms with Crippen molar-refractivity contribution in [1.29, 1.82) is 0 Å². The van der Waals surface area contributed by atoms with Crippen molar-refractivity contribution in [2.45, 2.75) is 0 Å². The lowest BCUT2D eigenvalue weighted by Crippen LogP contribution is -2.37. The molecule has 2 aromatic heterocycles. The van der Waals surface area contributed by atoms with Gasteiger partial charge < -0.3 is 0 Å². The molecule has 4 nitrogen and oxygen atoms in total. The maximum atomic E-state index is 12.2. The fourth-order valence-corrected chi connectivity index (χ4v) is 2.44. The zero-order valence-electron chi connectivity index (χ0n) is 10.2. The van der Waals surface area contributed by atoms with Gasteiger partial charge in [-0.05, 0) is 42.5 Å². The molecule has 0 saturated carbocycles. The van der Waals surface area contributed by atoms with Crippen LogP contribution in [0.15, 0.2) is 48.7 Å². The number of fused-ring (bicyclic) bond motifs is 2. The van der Waals surface area contributed by atoms with Crippen LogP contribution < -0.4 is 4.90 Å². The molecule has 4 rings (SSSR count). The number of carbonyl (C=O) groups is 1. The van der Waals surface area contributed by atoms with Gasteiger partial charge in [0.05, 0.1) is 11.3 Å². The predicted octanol–water partition coefficient (Wildman–Crippen LogP) is 3.58. The topological polar surface area (TPSA) is 46.1 Å². The summed E-state index contributed by atoms with van der Waals surface area (Å²) in [6, 6.07) is 12.7. The van der Waals surface area contributed by atoms with Crippen LogP contribution in [0.4, 0.5) is 11.5 Å². The summed E-state index contributed by atoms with van der Waals surface area (Å²) < 4.78 is 0. The Bertz CT molecular complexity index is 845. The monoisotopic (exact) mass is 281 g/mol. The first kappa shape index (κ1) is 11.4. The van der Waals surface area contributed by atoms with E-state index in [9.17, 15) is 4.79 Å². The fraction of sp³-hybridized carbons (Fsp3) is 0. The fourth-order valence-electron chi connectivity index (χ4n) is 2.32. The van der Waals surface area contributed by atoms with E-state index < -0.39 is 0 Å². The van der Waals surface area contributed by atoms with Gasteiger partial charge in [0.2, 0.25) is 0 Å². The lowest BCUT2D eigenvalue weighted by atomic mass is 10.0. The number of halogens is 1. The maximum absolute atomic E-state index is 12.2. The minimum Gasteiger partial charge on any atom is -0.268 e. The van der Waals surface area contributed by atoms with Gasteiger partial charge in [0.15, 0.2) is 11.5 Å². The van der Waals surface area contributed by atoms with Crippen LogP contribution in [-0.4, -0.2) is 15.9 Å². The number of amides is 1. The molecule has 0 atom stereocenters. The van der Waals surface area contributed by atoms with E-state index in [1.54, 1.807) is 35.4 Å². The highest BCUT2D eigenvalue weighted by Crippen LogP contribution is 2.39. The molecule has 3 aromatic rings. The minimum atomic E-state index is -0.0550. The third kappa shape index (κ3) is 1.52. The van der Waals surface area contributed by atoms with Crippen molar-refractivity contribution >= 4 is 40.0 Å². The first-order valence-electron chi connectivity index (χ1n) is 6.10. The van der Waals surface area contributed by atoms with Crippen molar-refractivity contribution in [3.8, 4) is 0 Å². The van der Waals surface area contributed by atoms with Crippen molar-refractivity contribution in [1.82, 2.24) is 9.97 Å². The van der Waals surface area contributed by atoms with Crippen molar-refractivity contribution in [3.63, 3.8) is 0 Å². The molecule has 20 heavy (non-hydrogen) atoms. The molecule has 0 N–H and O–H groups in total. The molecule has 0 saturated heterocycles. The van der Waals surface area contributed by atoms with Crippen molar-refractivity contribution < 1.29 is 4.79 Å². The molecular formula is C15H8ClN3O. The molecule has 0 spiro atoms. The number of hydrogen-bond acceptors (Lipinski definition) is 3. The van der Waals surface area contributed by atoms with Crippen LogP contribution in [0.2, 0.25) is 5.02 Å². The molecule has 0 fully saturated rings. The van der Waals surface area contributed by atoms with Gasteiger partial charge in [-0.15, -0.1) is 0 Å². The summed E-state index contributed by atoms with van der Waals surface area (Å²) in [6.45, 7) is 0. The van der Waals surface area contributed by atoms with E-state index in [0.717, 1.165) is 11.1 Å². The van der Waals surface area contributed by atoms with Gasteiger partial charge >= 0.3 is 0 Å². The second kappa shape index (κ2) is 4.02. The summed E-state index contributed by atoms with van der Waals surface area (Å²) in [5.74, 6) is 0.587. The van der Waals surface area contributed by atoms with Gasteiger partial charge in [0, 0.05) is 16.6 Å². The molecule has 96 valence electrons. The van der Waals surface area contributed by atoms with Crippen LogP contribution in [0.5, 0.6) is 0 Å². The van der Waals surface area contributed by atoms with E-state index in [-0.39, 0.29) is 5.91 Å². The van der Waals surface area contributed by atoms with Crippen LogP contribution in [0.3, 0.4) is 0 Å². The zero-order chi connectivity index (χ0) is 13.7. The molecule has 1 amide bonds. The van der Waals surface area contributed by atoms with Crippen LogP contribution in [0.1, 0.15) is 10.4 Å². The Morgan fingerprint density at radius 2 is 1.90 bits per heavy atom. The van der Waals surface area contributed by atoms with Gasteiger partial charge in [0.1, 0.15) is 0 Å². The molecular weight excluding hydrogens is 274 g/mol. The highest BCUT2D eigenvalue weighted by molar-refractivity contribution is 6.30. The number of anilines is 2. The van der Waals surface area contributed by atoms with Gasteiger partial charge in [-0.3, -0.25) is 9.69 Å². The largest absolute Gasteiger partial charge is 0.268 e. The van der Waals surface area contributed by atoms with Crippen molar-refractivity contribution in [2.75, 3.05) is 4.90 Å². The summed E-state index contributed by atoms with van der Waals surface area (Å²) >= 11 is 5.86. The average Bonchev–Trinajstić information content (AvgIpc) is 2.48. The molecule has 0 bridgehead atoms. The van der Waals surface area contributed by atoms with Gasteiger partial charge in [0.25, 0.3) is 5.91 Å². The van der Waals surface area contributed by atoms with Crippen LogP contribution >= 0.6 is 11.6 Å². The van der Waals surface area contributed by atoms with Crippen LogP contribution in [0, 0.1) is 0 Å². The second-order valence-electron chi connectivity index (χ2n) is 4.53. The standard InChI is InChI=1S/C15H8ClN3O/c16-10-3-5-11(6-4-10)19-14-12(15(19)20)8-9-2-1-7-17-13(9)18-14/h1-8H. The third-order valence-electron chi connectivity index (χ3n) is 3.30. The number of carbonyl (C=O) groups excluding carboxylic acids is 1. The second-order valence-corrected chi connectivity index (χ2v) is 4.96. The normalized spacial score (nSPS) is 13.2. The van der Waals surface area contributed by atoms with Crippen molar-refractivity contribution in [3.05, 3.63) is 59.2 Å². The van der Waals surface area contributed by atoms with Gasteiger partial charge in [-0.25, -0.2) is 9.97 Å². The Morgan fingerprint density at radius 3 is 2.70 bits per heavy atom. The molecule has 0 unspecified atom stereocenters. The molecule has 3 heterocycles. The highest BCUT2D eigenvalue weighted by atomic mass is 35.5. The minimum absolute atomic E-state index is 0.0550. The summed E-state index contributed by atoms with van der Waals surface area (Å²) in [5.41, 5.74) is 2.02. The Balaban J connectivity index is 1.87. The summed E-state index contributed by atoms with van der Waals surface area (Å²) in [6.07, 6.45) is 1.69. The van der Waals surface area contributed by atoms with E-state index in [1.807, 2.05) is 18.2 Å². The highest BCUT2D eigenvalue weighted by Gasteiger charge is 2.36. The van der Waals surface area contributed by atoms with E-state index in [0.29, 0.717) is 22.1 Å². The number of pyridine rings is 2. The average molecular weight is 282 g/mol. The molecule has 1 aliphatic rings. The lowest BCUT2D eigenvalue weighted by molar-refractivity contribution is 0.0979. The predicted molar refractivity (Wildman–Crippen MR) is 77.5 cm³/mol. The molecule has 1 aliphatic heterocycles. The first-order chi connectivity index (χ1) is 9.74. The lowest BCUT2D eigenvalue weighted by Gasteiger charge is -2.32. The first-order valence-corrected chi connectivity index (χ1v) is 6.47.